The Morgan fingerprint density at radius 1 is 1.18 bits per heavy atom. The molecule has 0 aromatic heterocycles. The molecule has 2 aromatic rings. The third-order valence-corrected chi connectivity index (χ3v) is 4.75. The van der Waals surface area contributed by atoms with Crippen molar-refractivity contribution in [3.63, 3.8) is 0 Å². The summed E-state index contributed by atoms with van der Waals surface area (Å²) in [6.45, 7) is 1.97. The molecule has 0 bridgehead atoms. The molecule has 0 saturated heterocycles. The molecule has 0 fully saturated rings. The lowest BCUT2D eigenvalue weighted by Crippen LogP contribution is -2.35. The number of anilines is 1. The van der Waals surface area contributed by atoms with E-state index in [0.29, 0.717) is 5.56 Å². The Bertz CT molecular complexity index is 846. The van der Waals surface area contributed by atoms with Crippen molar-refractivity contribution in [1.29, 1.82) is 0 Å². The smallest absolute Gasteiger partial charge is 0.258 e. The fraction of sp³-hybridized carbons (Fsp3) is 0.188. The maximum atomic E-state index is 12.8. The number of nitrogens with two attached hydrogens (primary N) is 1. The van der Waals surface area contributed by atoms with E-state index in [4.69, 9.17) is 5.14 Å². The van der Waals surface area contributed by atoms with Crippen molar-refractivity contribution in [3.8, 4) is 0 Å². The Morgan fingerprint density at radius 3 is 2.64 bits per heavy atom. The molecule has 1 aliphatic heterocycles. The lowest BCUT2D eigenvalue weighted by atomic mass is 10.1. The minimum Gasteiger partial charge on any atom is -0.305 e. The number of amides is 1. The van der Waals surface area contributed by atoms with E-state index in [1.807, 2.05) is 31.2 Å². The van der Waals surface area contributed by atoms with Crippen LogP contribution in [0.25, 0.3) is 0 Å². The van der Waals surface area contributed by atoms with Crippen LogP contribution in [-0.2, 0) is 16.4 Å². The van der Waals surface area contributed by atoms with E-state index in [0.717, 1.165) is 17.7 Å². The third kappa shape index (κ3) is 2.51. The highest BCUT2D eigenvalue weighted by molar-refractivity contribution is 7.89. The Kier molecular flexibility index (Phi) is 3.50. The standard InChI is InChI=1S/C16H16N2O3S/c1-11-9-12-5-2-3-8-15(12)18(11)16(19)13-6-4-7-14(10-13)22(17,20)21/h2-8,10-11H,9H2,1H3,(H2,17,20,21)/t11-/m0/s1. The molecule has 2 N–H and O–H groups in total. The fourth-order valence-electron chi connectivity index (χ4n) is 2.82. The van der Waals surface area contributed by atoms with Gasteiger partial charge in [0.25, 0.3) is 5.91 Å². The number of carbonyl (C=O) groups is 1. The van der Waals surface area contributed by atoms with Gasteiger partial charge in [0.15, 0.2) is 0 Å². The number of fused-ring (bicyclic) bond motifs is 1. The molecule has 2 aromatic carbocycles. The topological polar surface area (TPSA) is 80.5 Å². The monoisotopic (exact) mass is 316 g/mol. The molecule has 0 radical (unpaired) electrons. The van der Waals surface area contributed by atoms with Gasteiger partial charge in [0.05, 0.1) is 4.90 Å². The van der Waals surface area contributed by atoms with E-state index in [1.54, 1.807) is 11.0 Å². The first-order chi connectivity index (χ1) is 10.4. The molecule has 0 unspecified atom stereocenters. The van der Waals surface area contributed by atoms with Gasteiger partial charge in [-0.3, -0.25) is 4.79 Å². The second kappa shape index (κ2) is 5.23. The molecule has 1 heterocycles. The van der Waals surface area contributed by atoms with E-state index in [1.165, 1.54) is 18.2 Å². The summed E-state index contributed by atoms with van der Waals surface area (Å²) in [5.41, 5.74) is 2.31. The van der Waals surface area contributed by atoms with Gasteiger partial charge in [0.2, 0.25) is 10.0 Å². The van der Waals surface area contributed by atoms with Gasteiger partial charge >= 0.3 is 0 Å². The van der Waals surface area contributed by atoms with Crippen molar-refractivity contribution in [1.82, 2.24) is 0 Å². The van der Waals surface area contributed by atoms with Crippen molar-refractivity contribution < 1.29 is 13.2 Å². The number of para-hydroxylation sites is 1. The van der Waals surface area contributed by atoms with Gasteiger partial charge < -0.3 is 4.90 Å². The zero-order valence-corrected chi connectivity index (χ0v) is 12.9. The lowest BCUT2D eigenvalue weighted by molar-refractivity contribution is 0.0981. The molecule has 0 spiro atoms. The Morgan fingerprint density at radius 2 is 1.91 bits per heavy atom. The number of primary sulfonamides is 1. The normalized spacial score (nSPS) is 17.4. The molecule has 6 heteroatoms. The van der Waals surface area contributed by atoms with Crippen LogP contribution in [0.4, 0.5) is 5.69 Å². The zero-order valence-electron chi connectivity index (χ0n) is 12.1. The van der Waals surface area contributed by atoms with Gasteiger partial charge in [-0.05, 0) is 43.2 Å². The van der Waals surface area contributed by atoms with Gasteiger partial charge in [-0.2, -0.15) is 0 Å². The molecule has 1 aliphatic rings. The number of sulfonamides is 1. The first-order valence-electron chi connectivity index (χ1n) is 6.92. The predicted molar refractivity (Wildman–Crippen MR) is 84.2 cm³/mol. The minimum absolute atomic E-state index is 0.0306. The second-order valence-electron chi connectivity index (χ2n) is 5.43. The number of carbonyl (C=O) groups excluding carboxylic acids is 1. The molecule has 5 nitrogen and oxygen atoms in total. The number of nitrogens with zero attached hydrogens (tertiary/aromatic N) is 1. The van der Waals surface area contributed by atoms with Crippen LogP contribution in [0.3, 0.4) is 0 Å². The van der Waals surface area contributed by atoms with Crippen LogP contribution < -0.4 is 10.0 Å². The minimum atomic E-state index is -3.83. The highest BCUT2D eigenvalue weighted by Gasteiger charge is 2.31. The fourth-order valence-corrected chi connectivity index (χ4v) is 3.38. The Labute approximate surface area is 129 Å². The SMILES string of the molecule is C[C@H]1Cc2ccccc2N1C(=O)c1cccc(S(N)(=O)=O)c1. The van der Waals surface area contributed by atoms with Crippen LogP contribution >= 0.6 is 0 Å². The summed E-state index contributed by atoms with van der Waals surface area (Å²) in [6, 6.07) is 13.6. The van der Waals surface area contributed by atoms with Gasteiger partial charge in [-0.15, -0.1) is 0 Å². The van der Waals surface area contributed by atoms with Gasteiger partial charge in [-0.1, -0.05) is 24.3 Å². The van der Waals surface area contributed by atoms with Crippen LogP contribution in [0.15, 0.2) is 53.4 Å². The summed E-state index contributed by atoms with van der Waals surface area (Å²) >= 11 is 0. The number of rotatable bonds is 2. The molecular weight excluding hydrogens is 300 g/mol. The maximum Gasteiger partial charge on any atom is 0.258 e. The van der Waals surface area contributed by atoms with Crippen LogP contribution in [0, 0.1) is 0 Å². The molecule has 114 valence electrons. The number of hydrogen-bond donors (Lipinski definition) is 1. The average Bonchev–Trinajstić information content (AvgIpc) is 2.81. The zero-order chi connectivity index (χ0) is 15.9. The van der Waals surface area contributed by atoms with Gasteiger partial charge in [0.1, 0.15) is 0 Å². The molecule has 3 rings (SSSR count). The number of hydrogen-bond acceptors (Lipinski definition) is 3. The summed E-state index contributed by atoms with van der Waals surface area (Å²) in [6.07, 6.45) is 0.788. The van der Waals surface area contributed by atoms with E-state index in [-0.39, 0.29) is 16.8 Å². The summed E-state index contributed by atoms with van der Waals surface area (Å²) in [5.74, 6) is -0.219. The largest absolute Gasteiger partial charge is 0.305 e. The van der Waals surface area contributed by atoms with Crippen molar-refractivity contribution in [2.45, 2.75) is 24.3 Å². The van der Waals surface area contributed by atoms with Gasteiger partial charge in [-0.25, -0.2) is 13.6 Å². The van der Waals surface area contributed by atoms with Crippen LogP contribution in [0.5, 0.6) is 0 Å². The first-order valence-corrected chi connectivity index (χ1v) is 8.47. The quantitative estimate of drug-likeness (QED) is 0.919. The predicted octanol–water partition coefficient (Wildman–Crippen LogP) is 1.93. The van der Waals surface area contributed by atoms with Crippen molar-refractivity contribution in [2.24, 2.45) is 5.14 Å². The van der Waals surface area contributed by atoms with E-state index in [9.17, 15) is 13.2 Å². The summed E-state index contributed by atoms with van der Waals surface area (Å²) < 4.78 is 22.9. The average molecular weight is 316 g/mol. The summed E-state index contributed by atoms with van der Waals surface area (Å²) in [4.78, 5) is 14.4. The number of benzene rings is 2. The molecule has 1 amide bonds. The van der Waals surface area contributed by atoms with Crippen molar-refractivity contribution in [3.05, 3.63) is 59.7 Å². The highest BCUT2D eigenvalue weighted by atomic mass is 32.2. The summed E-state index contributed by atoms with van der Waals surface area (Å²) in [5, 5.41) is 5.13. The van der Waals surface area contributed by atoms with E-state index in [2.05, 4.69) is 0 Å². The first kappa shape index (κ1) is 14.7. The Hall–Kier alpha value is -2.18. The van der Waals surface area contributed by atoms with Gasteiger partial charge in [0, 0.05) is 17.3 Å². The lowest BCUT2D eigenvalue weighted by Gasteiger charge is -2.23. The van der Waals surface area contributed by atoms with Crippen LogP contribution in [-0.4, -0.2) is 20.4 Å². The van der Waals surface area contributed by atoms with Crippen LogP contribution in [0.2, 0.25) is 0 Å². The maximum absolute atomic E-state index is 12.8. The third-order valence-electron chi connectivity index (χ3n) is 3.84. The summed E-state index contributed by atoms with van der Waals surface area (Å²) in [7, 11) is -3.83. The molecule has 22 heavy (non-hydrogen) atoms. The Balaban J connectivity index is 2.02. The van der Waals surface area contributed by atoms with E-state index < -0.39 is 10.0 Å². The highest BCUT2D eigenvalue weighted by Crippen LogP contribution is 2.33. The molecular formula is C16H16N2O3S. The molecule has 0 saturated carbocycles. The van der Waals surface area contributed by atoms with Crippen molar-refractivity contribution in [2.75, 3.05) is 4.90 Å². The van der Waals surface area contributed by atoms with E-state index >= 15 is 0 Å². The van der Waals surface area contributed by atoms with Crippen molar-refractivity contribution >= 4 is 21.6 Å². The molecule has 0 aliphatic carbocycles. The second-order valence-corrected chi connectivity index (χ2v) is 6.99. The molecule has 1 atom stereocenters. The van der Waals surface area contributed by atoms with Crippen LogP contribution in [0.1, 0.15) is 22.8 Å².